The zero-order valence-electron chi connectivity index (χ0n) is 9.11. The Labute approximate surface area is 105 Å². The summed E-state index contributed by atoms with van der Waals surface area (Å²) in [4.78, 5) is 2.48. The molecule has 0 saturated carbocycles. The topological polar surface area (TPSA) is 38.5 Å². The largest absolute Gasteiger partial charge is 0.381 e. The van der Waals surface area contributed by atoms with E-state index in [2.05, 4.69) is 4.90 Å². The molecule has 0 amide bonds. The highest BCUT2D eigenvalue weighted by Crippen LogP contribution is 2.38. The second kappa shape index (κ2) is 6.92. The first-order valence-electron chi connectivity index (χ1n) is 5.35. The van der Waals surface area contributed by atoms with Crippen LogP contribution >= 0.6 is 24.8 Å². The molecule has 2 aliphatic rings. The summed E-state index contributed by atoms with van der Waals surface area (Å²) in [7, 11) is 0. The molecular formula is C10H22Cl2N2O. The van der Waals surface area contributed by atoms with Crippen LogP contribution in [0.25, 0.3) is 0 Å². The van der Waals surface area contributed by atoms with Crippen molar-refractivity contribution >= 4 is 24.8 Å². The molecule has 0 aromatic rings. The lowest BCUT2D eigenvalue weighted by Crippen LogP contribution is -2.42. The van der Waals surface area contributed by atoms with Crippen LogP contribution in [0.4, 0.5) is 0 Å². The number of ether oxygens (including phenoxy) is 1. The number of nitrogens with two attached hydrogens (primary N) is 1. The van der Waals surface area contributed by atoms with Crippen LogP contribution in [0.15, 0.2) is 0 Å². The molecule has 0 bridgehead atoms. The number of nitrogens with zero attached hydrogens (tertiary/aromatic N) is 1. The Morgan fingerprint density at radius 1 is 1.13 bits per heavy atom. The van der Waals surface area contributed by atoms with E-state index in [0.717, 1.165) is 26.3 Å². The number of likely N-dealkylation sites (tertiary alicyclic amines) is 1. The quantitative estimate of drug-likeness (QED) is 0.810. The third kappa shape index (κ3) is 3.75. The van der Waals surface area contributed by atoms with Crippen LogP contribution in [0.5, 0.6) is 0 Å². The van der Waals surface area contributed by atoms with Gasteiger partial charge in [0.05, 0.1) is 6.61 Å². The lowest BCUT2D eigenvalue weighted by atomic mass is 9.78. The first-order chi connectivity index (χ1) is 6.35. The van der Waals surface area contributed by atoms with Gasteiger partial charge in [0.25, 0.3) is 0 Å². The predicted molar refractivity (Wildman–Crippen MR) is 67.1 cm³/mol. The van der Waals surface area contributed by atoms with Gasteiger partial charge in [-0.05, 0) is 37.8 Å². The van der Waals surface area contributed by atoms with Crippen LogP contribution in [-0.4, -0.2) is 44.3 Å². The van der Waals surface area contributed by atoms with Crippen LogP contribution < -0.4 is 5.73 Å². The van der Waals surface area contributed by atoms with E-state index < -0.39 is 0 Å². The van der Waals surface area contributed by atoms with Gasteiger partial charge >= 0.3 is 0 Å². The summed E-state index contributed by atoms with van der Waals surface area (Å²) in [5.41, 5.74) is 6.08. The Hall–Kier alpha value is 0.460. The van der Waals surface area contributed by atoms with E-state index in [-0.39, 0.29) is 24.8 Å². The number of rotatable bonds is 2. The van der Waals surface area contributed by atoms with Gasteiger partial charge in [0.1, 0.15) is 0 Å². The van der Waals surface area contributed by atoms with Gasteiger partial charge in [0.2, 0.25) is 0 Å². The summed E-state index contributed by atoms with van der Waals surface area (Å²) in [6.07, 6.45) is 3.91. The highest BCUT2D eigenvalue weighted by atomic mass is 35.5. The predicted octanol–water partition coefficient (Wildman–Crippen LogP) is 1.29. The summed E-state index contributed by atoms with van der Waals surface area (Å²) in [6.45, 7) is 6.29. The zero-order valence-corrected chi connectivity index (χ0v) is 10.7. The van der Waals surface area contributed by atoms with Crippen molar-refractivity contribution in [3.8, 4) is 0 Å². The van der Waals surface area contributed by atoms with Gasteiger partial charge < -0.3 is 15.4 Å². The highest BCUT2D eigenvalue weighted by molar-refractivity contribution is 5.85. The number of hydrogen-bond donors (Lipinski definition) is 1. The fraction of sp³-hybridized carbons (Fsp3) is 1.00. The molecule has 0 aromatic heterocycles. The Morgan fingerprint density at radius 2 is 1.80 bits per heavy atom. The van der Waals surface area contributed by atoms with Crippen LogP contribution in [0.3, 0.4) is 0 Å². The minimum absolute atomic E-state index is 0. The van der Waals surface area contributed by atoms with Gasteiger partial charge in [-0.1, -0.05) is 0 Å². The summed E-state index contributed by atoms with van der Waals surface area (Å²) in [5, 5.41) is 0. The summed E-state index contributed by atoms with van der Waals surface area (Å²) < 4.78 is 5.49. The fourth-order valence-electron chi connectivity index (χ4n) is 2.48. The molecule has 2 saturated heterocycles. The van der Waals surface area contributed by atoms with E-state index in [9.17, 15) is 0 Å². The summed E-state index contributed by atoms with van der Waals surface area (Å²) in [5.74, 6) is 0. The highest BCUT2D eigenvalue weighted by Gasteiger charge is 2.37. The summed E-state index contributed by atoms with van der Waals surface area (Å²) in [6, 6.07) is 0. The lowest BCUT2D eigenvalue weighted by molar-refractivity contribution is 0.0822. The molecule has 2 fully saturated rings. The van der Waals surface area contributed by atoms with Gasteiger partial charge in [-0.2, -0.15) is 0 Å². The normalized spacial score (nSPS) is 24.6. The molecule has 2 aliphatic heterocycles. The molecule has 92 valence electrons. The van der Waals surface area contributed by atoms with Crippen molar-refractivity contribution in [2.45, 2.75) is 19.3 Å². The Balaban J connectivity index is 0.000000980. The minimum atomic E-state index is 0. The second-order valence-electron chi connectivity index (χ2n) is 4.43. The molecule has 1 spiro atoms. The number of halogens is 2. The van der Waals surface area contributed by atoms with Crippen LogP contribution in [-0.2, 0) is 4.74 Å². The van der Waals surface area contributed by atoms with Crippen molar-refractivity contribution in [3.05, 3.63) is 0 Å². The standard InChI is InChI=1S/C10H20N2O.2ClH/c11-4-7-12-5-1-10(2-6-12)3-8-13-9-10;;/h1-9,11H2;2*1H. The summed E-state index contributed by atoms with van der Waals surface area (Å²) >= 11 is 0. The van der Waals surface area contributed by atoms with E-state index in [0.29, 0.717) is 5.41 Å². The van der Waals surface area contributed by atoms with E-state index in [1.165, 1.54) is 32.4 Å². The molecular weight excluding hydrogens is 235 g/mol. The Morgan fingerprint density at radius 3 is 2.27 bits per heavy atom. The molecule has 2 heterocycles. The molecule has 0 aromatic carbocycles. The smallest absolute Gasteiger partial charge is 0.0524 e. The maximum absolute atomic E-state index is 5.54. The van der Waals surface area contributed by atoms with Gasteiger partial charge in [0, 0.05) is 19.7 Å². The molecule has 0 radical (unpaired) electrons. The van der Waals surface area contributed by atoms with Crippen molar-refractivity contribution in [3.63, 3.8) is 0 Å². The lowest BCUT2D eigenvalue weighted by Gasteiger charge is -2.38. The molecule has 5 heteroatoms. The van der Waals surface area contributed by atoms with Gasteiger partial charge in [-0.3, -0.25) is 0 Å². The van der Waals surface area contributed by atoms with E-state index >= 15 is 0 Å². The maximum Gasteiger partial charge on any atom is 0.0524 e. The number of hydrogen-bond acceptors (Lipinski definition) is 3. The fourth-order valence-corrected chi connectivity index (χ4v) is 2.48. The van der Waals surface area contributed by atoms with Gasteiger partial charge in [-0.25, -0.2) is 0 Å². The SMILES string of the molecule is Cl.Cl.NCCN1CCC2(CCOC2)CC1. The maximum atomic E-state index is 5.54. The minimum Gasteiger partial charge on any atom is -0.381 e. The Kier molecular flexibility index (Phi) is 7.13. The van der Waals surface area contributed by atoms with Gasteiger partial charge in [0.15, 0.2) is 0 Å². The van der Waals surface area contributed by atoms with E-state index in [1.807, 2.05) is 0 Å². The zero-order chi connectivity index (χ0) is 9.15. The third-order valence-corrected chi connectivity index (χ3v) is 3.55. The average Bonchev–Trinajstić information content (AvgIpc) is 2.59. The van der Waals surface area contributed by atoms with Crippen molar-refractivity contribution in [2.24, 2.45) is 11.1 Å². The molecule has 0 atom stereocenters. The van der Waals surface area contributed by atoms with E-state index in [1.54, 1.807) is 0 Å². The monoisotopic (exact) mass is 256 g/mol. The number of piperidine rings is 1. The molecule has 2 rings (SSSR count). The Bertz CT molecular complexity index is 165. The second-order valence-corrected chi connectivity index (χ2v) is 4.43. The molecule has 0 aliphatic carbocycles. The molecule has 2 N–H and O–H groups in total. The van der Waals surface area contributed by atoms with Crippen LogP contribution in [0.2, 0.25) is 0 Å². The van der Waals surface area contributed by atoms with Crippen LogP contribution in [0, 0.1) is 5.41 Å². The average molecular weight is 257 g/mol. The van der Waals surface area contributed by atoms with Crippen molar-refractivity contribution in [1.29, 1.82) is 0 Å². The first-order valence-corrected chi connectivity index (χ1v) is 5.35. The van der Waals surface area contributed by atoms with Crippen LogP contribution in [0.1, 0.15) is 19.3 Å². The van der Waals surface area contributed by atoms with Gasteiger partial charge in [-0.15, -0.1) is 24.8 Å². The van der Waals surface area contributed by atoms with Crippen molar-refractivity contribution in [1.82, 2.24) is 4.90 Å². The third-order valence-electron chi connectivity index (χ3n) is 3.55. The molecule has 3 nitrogen and oxygen atoms in total. The van der Waals surface area contributed by atoms with E-state index in [4.69, 9.17) is 10.5 Å². The first kappa shape index (κ1) is 15.5. The molecule has 15 heavy (non-hydrogen) atoms. The van der Waals surface area contributed by atoms with Crippen molar-refractivity contribution < 1.29 is 4.74 Å². The molecule has 0 unspecified atom stereocenters. The van der Waals surface area contributed by atoms with Crippen molar-refractivity contribution in [2.75, 3.05) is 39.4 Å².